The van der Waals surface area contributed by atoms with Crippen molar-refractivity contribution >= 4 is 22.0 Å². The van der Waals surface area contributed by atoms with Crippen molar-refractivity contribution in [3.8, 4) is 11.5 Å². The molecule has 0 spiro atoms. The molecule has 1 aliphatic carbocycles. The summed E-state index contributed by atoms with van der Waals surface area (Å²) in [6.45, 7) is 0.0246. The summed E-state index contributed by atoms with van der Waals surface area (Å²) in [5.41, 5.74) is 1.15. The zero-order valence-corrected chi connectivity index (χ0v) is 16.9. The Balaban J connectivity index is 2.08. The summed E-state index contributed by atoms with van der Waals surface area (Å²) in [5, 5.41) is 0. The van der Waals surface area contributed by atoms with Gasteiger partial charge in [-0.15, -0.1) is 0 Å². The van der Waals surface area contributed by atoms with Crippen LogP contribution in [0.4, 0.5) is 4.79 Å². The second-order valence-corrected chi connectivity index (χ2v) is 8.48. The van der Waals surface area contributed by atoms with Gasteiger partial charge in [-0.05, 0) is 24.1 Å². The monoisotopic (exact) mass is 413 g/mol. The van der Waals surface area contributed by atoms with E-state index >= 15 is 0 Å². The Morgan fingerprint density at radius 3 is 2.36 bits per heavy atom. The normalized spacial score (nSPS) is 24.2. The van der Waals surface area contributed by atoms with Crippen molar-refractivity contribution in [3.05, 3.63) is 23.3 Å². The van der Waals surface area contributed by atoms with Crippen LogP contribution in [0.5, 0.6) is 11.5 Å². The number of carbonyl (C=O) groups is 2. The Bertz CT molecular complexity index is 897. The number of benzene rings is 1. The van der Waals surface area contributed by atoms with Crippen molar-refractivity contribution in [2.45, 2.75) is 30.9 Å². The Kier molecular flexibility index (Phi) is 5.53. The van der Waals surface area contributed by atoms with E-state index in [1.165, 1.54) is 26.2 Å². The number of likely N-dealkylation sites (tertiary alicyclic amines) is 1. The average molecular weight is 413 g/mol. The second-order valence-electron chi connectivity index (χ2n) is 6.88. The number of fused-ring (bicyclic) bond motifs is 3. The van der Waals surface area contributed by atoms with E-state index in [2.05, 4.69) is 0 Å². The molecule has 3 rings (SSSR count). The lowest BCUT2D eigenvalue weighted by Gasteiger charge is -2.45. The van der Waals surface area contributed by atoms with E-state index in [4.69, 9.17) is 18.4 Å². The Hall–Kier alpha value is -2.33. The fourth-order valence-corrected chi connectivity index (χ4v) is 4.69. The highest BCUT2D eigenvalue weighted by Crippen LogP contribution is 2.45. The fourth-order valence-electron chi connectivity index (χ4n) is 4.06. The Morgan fingerprint density at radius 1 is 1.14 bits per heavy atom. The first kappa shape index (κ1) is 20.4. The van der Waals surface area contributed by atoms with E-state index < -0.39 is 28.4 Å². The molecule has 2 aliphatic rings. The number of piperidine rings is 1. The van der Waals surface area contributed by atoms with Crippen LogP contribution in [0.3, 0.4) is 0 Å². The topological polar surface area (TPSA) is 108 Å². The van der Waals surface area contributed by atoms with Crippen molar-refractivity contribution in [2.75, 3.05) is 34.1 Å². The summed E-state index contributed by atoms with van der Waals surface area (Å²) in [6.07, 6.45) is 0.0286. The third-order valence-corrected chi connectivity index (χ3v) is 5.77. The van der Waals surface area contributed by atoms with Crippen LogP contribution in [0.15, 0.2) is 12.1 Å². The predicted octanol–water partition coefficient (Wildman–Crippen LogP) is 1.56. The van der Waals surface area contributed by atoms with Crippen molar-refractivity contribution in [1.82, 2.24) is 4.90 Å². The molecular weight excluding hydrogens is 390 g/mol. The second kappa shape index (κ2) is 7.59. The number of rotatable bonds is 4. The molecule has 1 aromatic carbocycles. The summed E-state index contributed by atoms with van der Waals surface area (Å²) in [4.78, 5) is 26.5. The molecule has 0 bridgehead atoms. The van der Waals surface area contributed by atoms with E-state index in [-0.39, 0.29) is 24.7 Å². The van der Waals surface area contributed by atoms with Gasteiger partial charge < -0.3 is 19.1 Å². The van der Waals surface area contributed by atoms with Gasteiger partial charge in [0.25, 0.3) is 10.1 Å². The van der Waals surface area contributed by atoms with E-state index in [9.17, 15) is 18.0 Å². The third-order valence-electron chi connectivity index (χ3n) is 5.15. The minimum absolute atomic E-state index is 0.0246. The number of methoxy groups -OCH3 is 3. The van der Waals surface area contributed by atoms with Gasteiger partial charge in [0.2, 0.25) is 0 Å². The first-order chi connectivity index (χ1) is 13.2. The van der Waals surface area contributed by atoms with Crippen LogP contribution in [0, 0.1) is 0 Å². The van der Waals surface area contributed by atoms with Gasteiger partial charge >= 0.3 is 6.09 Å². The van der Waals surface area contributed by atoms with E-state index in [1.807, 2.05) is 0 Å². The summed E-state index contributed by atoms with van der Waals surface area (Å²) >= 11 is 0. The maximum Gasteiger partial charge on any atom is 0.409 e. The van der Waals surface area contributed by atoms with E-state index in [1.54, 1.807) is 12.1 Å². The number of nitrogens with zero attached hydrogens (tertiary/aromatic N) is 1. The number of carbonyl (C=O) groups excluding carboxylic acids is 2. The molecule has 154 valence electrons. The molecule has 1 aliphatic heterocycles. The molecule has 3 atom stereocenters. The molecule has 10 heteroatoms. The Labute approximate surface area is 163 Å². The third kappa shape index (κ3) is 3.79. The summed E-state index contributed by atoms with van der Waals surface area (Å²) < 4.78 is 43.9. The minimum Gasteiger partial charge on any atom is -0.493 e. The zero-order valence-electron chi connectivity index (χ0n) is 16.1. The van der Waals surface area contributed by atoms with Gasteiger partial charge in [-0.25, -0.2) is 4.79 Å². The molecule has 1 aromatic rings. The largest absolute Gasteiger partial charge is 0.493 e. The van der Waals surface area contributed by atoms with Crippen LogP contribution < -0.4 is 9.47 Å². The van der Waals surface area contributed by atoms with E-state index in [0.29, 0.717) is 29.0 Å². The molecule has 0 N–H and O–H groups in total. The Morgan fingerprint density at radius 2 is 1.79 bits per heavy atom. The number of amides is 1. The molecule has 0 saturated carbocycles. The molecule has 1 saturated heterocycles. The summed E-state index contributed by atoms with van der Waals surface area (Å²) in [7, 11) is 0.493. The number of Topliss-reactive ketones (excluding diaryl/α,β-unsaturated/α-hetero) is 1. The molecule has 1 heterocycles. The van der Waals surface area contributed by atoms with Crippen molar-refractivity contribution in [2.24, 2.45) is 0 Å². The number of ether oxygens (including phenoxy) is 3. The standard InChI is InChI=1S/C18H23NO8S/c1-24-16-6-11-12-5-10(27-28(4,22)23)9-19(18(21)26-3)14(12)8-15(20)13(11)7-17(16)25-2/h6-7,10,12,14H,5,8-9H2,1-4H3/t10?,12-,14+/m0/s1. The van der Waals surface area contributed by atoms with Crippen LogP contribution in [0.25, 0.3) is 0 Å². The SMILES string of the molecule is COC(=O)N1CC(OS(C)(=O)=O)C[C@H]2c3cc(OC)c(OC)cc3C(=O)C[C@H]21. The lowest BCUT2D eigenvalue weighted by Crippen LogP contribution is -2.55. The van der Waals surface area contributed by atoms with Gasteiger partial charge in [0, 0.05) is 23.9 Å². The lowest BCUT2D eigenvalue weighted by molar-refractivity contribution is 0.0264. The number of hydrogen-bond acceptors (Lipinski definition) is 8. The number of ketones is 1. The van der Waals surface area contributed by atoms with Gasteiger partial charge in [-0.2, -0.15) is 8.42 Å². The van der Waals surface area contributed by atoms with Crippen molar-refractivity contribution in [3.63, 3.8) is 0 Å². The van der Waals surface area contributed by atoms with Crippen LogP contribution >= 0.6 is 0 Å². The highest BCUT2D eigenvalue weighted by Gasteiger charge is 2.46. The van der Waals surface area contributed by atoms with Gasteiger partial charge in [-0.1, -0.05) is 0 Å². The van der Waals surface area contributed by atoms with E-state index in [0.717, 1.165) is 6.26 Å². The molecular formula is C18H23NO8S. The maximum atomic E-state index is 12.8. The van der Waals surface area contributed by atoms with Crippen molar-refractivity contribution < 1.29 is 36.4 Å². The first-order valence-corrected chi connectivity index (χ1v) is 10.5. The smallest absolute Gasteiger partial charge is 0.409 e. The molecule has 0 radical (unpaired) electrons. The molecule has 28 heavy (non-hydrogen) atoms. The van der Waals surface area contributed by atoms with Crippen molar-refractivity contribution in [1.29, 1.82) is 0 Å². The van der Waals surface area contributed by atoms with Crippen LogP contribution in [0.2, 0.25) is 0 Å². The highest BCUT2D eigenvalue weighted by atomic mass is 32.2. The van der Waals surface area contributed by atoms with Crippen LogP contribution in [-0.2, 0) is 19.0 Å². The zero-order chi connectivity index (χ0) is 20.6. The average Bonchev–Trinajstić information content (AvgIpc) is 2.65. The quantitative estimate of drug-likeness (QED) is 0.684. The number of hydrogen-bond donors (Lipinski definition) is 0. The summed E-state index contributed by atoms with van der Waals surface area (Å²) in [6, 6.07) is 2.88. The fraction of sp³-hybridized carbons (Fsp3) is 0.556. The molecule has 1 amide bonds. The van der Waals surface area contributed by atoms with Crippen LogP contribution in [0.1, 0.15) is 34.7 Å². The van der Waals surface area contributed by atoms with Gasteiger partial charge in [-0.3, -0.25) is 8.98 Å². The lowest BCUT2D eigenvalue weighted by atomic mass is 9.73. The molecule has 1 fully saturated rings. The van der Waals surface area contributed by atoms with Crippen LogP contribution in [-0.4, -0.2) is 71.5 Å². The van der Waals surface area contributed by atoms with Gasteiger partial charge in [0.05, 0.1) is 40.2 Å². The van der Waals surface area contributed by atoms with Gasteiger partial charge in [0.1, 0.15) is 0 Å². The first-order valence-electron chi connectivity index (χ1n) is 8.70. The molecule has 1 unspecified atom stereocenters. The summed E-state index contributed by atoms with van der Waals surface area (Å²) in [5.74, 6) is 0.434. The molecule has 9 nitrogen and oxygen atoms in total. The predicted molar refractivity (Wildman–Crippen MR) is 98.5 cm³/mol. The minimum atomic E-state index is -3.72. The molecule has 0 aromatic heterocycles. The highest BCUT2D eigenvalue weighted by molar-refractivity contribution is 7.86. The maximum absolute atomic E-state index is 12.8. The van der Waals surface area contributed by atoms with Gasteiger partial charge in [0.15, 0.2) is 17.3 Å².